The van der Waals surface area contributed by atoms with Crippen molar-refractivity contribution in [3.63, 3.8) is 0 Å². The molecule has 0 aliphatic heterocycles. The molecule has 0 saturated carbocycles. The van der Waals surface area contributed by atoms with E-state index in [9.17, 15) is 0 Å². The summed E-state index contributed by atoms with van der Waals surface area (Å²) in [5, 5.41) is 8.09. The Morgan fingerprint density at radius 2 is 2.27 bits per heavy atom. The molecule has 3 nitrogen and oxygen atoms in total. The number of aryl methyl sites for hydroxylation is 3. The van der Waals surface area contributed by atoms with Crippen LogP contribution in [0.5, 0.6) is 0 Å². The number of hydrogen-bond acceptors (Lipinski definition) is 3. The quantitative estimate of drug-likeness (QED) is 0.824. The van der Waals surface area contributed by atoms with Crippen molar-refractivity contribution < 1.29 is 0 Å². The van der Waals surface area contributed by atoms with Crippen molar-refractivity contribution in [2.24, 2.45) is 0 Å². The van der Waals surface area contributed by atoms with Crippen LogP contribution in [0, 0.1) is 0 Å². The van der Waals surface area contributed by atoms with Gasteiger partial charge in [0.1, 0.15) is 0 Å². The van der Waals surface area contributed by atoms with E-state index in [1.807, 2.05) is 16.9 Å². The van der Waals surface area contributed by atoms with E-state index in [0.717, 1.165) is 29.4 Å². The van der Waals surface area contributed by atoms with Crippen LogP contribution in [-0.4, -0.2) is 15.0 Å². The maximum atomic E-state index is 5.86. The Morgan fingerprint density at radius 1 is 1.40 bits per heavy atom. The van der Waals surface area contributed by atoms with Crippen molar-refractivity contribution in [2.45, 2.75) is 26.3 Å². The van der Waals surface area contributed by atoms with E-state index in [1.54, 1.807) is 11.3 Å². The molecule has 0 saturated heterocycles. The Kier molecular flexibility index (Phi) is 3.38. The van der Waals surface area contributed by atoms with E-state index >= 15 is 0 Å². The van der Waals surface area contributed by atoms with Crippen molar-refractivity contribution in [3.05, 3.63) is 33.2 Å². The smallest absolute Gasteiger partial charge is 0.0931 e. The number of aromatic nitrogens is 3. The van der Waals surface area contributed by atoms with E-state index in [0.29, 0.717) is 0 Å². The van der Waals surface area contributed by atoms with Crippen LogP contribution in [0.3, 0.4) is 0 Å². The van der Waals surface area contributed by atoms with Crippen LogP contribution in [0.1, 0.15) is 17.5 Å². The van der Waals surface area contributed by atoms with Crippen LogP contribution >= 0.6 is 22.9 Å². The summed E-state index contributed by atoms with van der Waals surface area (Å²) in [6.07, 6.45) is 3.91. The average molecular weight is 242 g/mol. The minimum absolute atomic E-state index is 0.849. The summed E-state index contributed by atoms with van der Waals surface area (Å²) in [4.78, 5) is 1.30. The Hall–Kier alpha value is -0.870. The summed E-state index contributed by atoms with van der Waals surface area (Å²) < 4.78 is 2.69. The molecular weight excluding hydrogens is 230 g/mol. The van der Waals surface area contributed by atoms with E-state index in [2.05, 4.69) is 23.3 Å². The molecule has 15 heavy (non-hydrogen) atoms. The van der Waals surface area contributed by atoms with Gasteiger partial charge < -0.3 is 0 Å². The third-order valence-electron chi connectivity index (χ3n) is 2.17. The van der Waals surface area contributed by atoms with Crippen molar-refractivity contribution in [2.75, 3.05) is 0 Å². The molecule has 0 bridgehead atoms. The molecule has 0 aliphatic rings. The minimum Gasteiger partial charge on any atom is -0.253 e. The van der Waals surface area contributed by atoms with E-state index in [1.165, 1.54) is 4.88 Å². The van der Waals surface area contributed by atoms with Gasteiger partial charge in [0.2, 0.25) is 0 Å². The van der Waals surface area contributed by atoms with Gasteiger partial charge in [0.25, 0.3) is 0 Å². The summed E-state index contributed by atoms with van der Waals surface area (Å²) in [7, 11) is 0. The van der Waals surface area contributed by atoms with Gasteiger partial charge in [0.15, 0.2) is 0 Å². The summed E-state index contributed by atoms with van der Waals surface area (Å²) in [6.45, 7) is 2.93. The lowest BCUT2D eigenvalue weighted by Crippen LogP contribution is -1.93. The van der Waals surface area contributed by atoms with Crippen LogP contribution in [0.15, 0.2) is 18.3 Å². The van der Waals surface area contributed by atoms with Gasteiger partial charge in [-0.3, -0.25) is 4.68 Å². The van der Waals surface area contributed by atoms with Crippen molar-refractivity contribution >= 4 is 22.9 Å². The second-order valence-corrected chi connectivity index (χ2v) is 5.07. The Balaban J connectivity index is 1.93. The van der Waals surface area contributed by atoms with Crippen LogP contribution < -0.4 is 0 Å². The number of rotatable bonds is 4. The number of nitrogens with zero attached hydrogens (tertiary/aromatic N) is 3. The predicted octanol–water partition coefficient (Wildman–Crippen LogP) is 2.80. The third-order valence-corrected chi connectivity index (χ3v) is 3.46. The molecule has 0 aromatic carbocycles. The molecule has 2 heterocycles. The highest BCUT2D eigenvalue weighted by molar-refractivity contribution is 7.16. The molecule has 0 spiro atoms. The Labute approximate surface area is 97.7 Å². The molecule has 0 unspecified atom stereocenters. The zero-order valence-corrected chi connectivity index (χ0v) is 10.1. The maximum absolute atomic E-state index is 5.86. The summed E-state index contributed by atoms with van der Waals surface area (Å²) in [6, 6.07) is 4.00. The van der Waals surface area contributed by atoms with Gasteiger partial charge in [0.05, 0.1) is 10.0 Å². The highest BCUT2D eigenvalue weighted by Gasteiger charge is 2.02. The fourth-order valence-electron chi connectivity index (χ4n) is 1.35. The first-order chi connectivity index (χ1) is 7.28. The third kappa shape index (κ3) is 2.79. The van der Waals surface area contributed by atoms with E-state index < -0.39 is 0 Å². The largest absolute Gasteiger partial charge is 0.253 e. The normalized spacial score (nSPS) is 10.8. The summed E-state index contributed by atoms with van der Waals surface area (Å²) in [5.41, 5.74) is 1.04. The zero-order valence-electron chi connectivity index (χ0n) is 8.48. The van der Waals surface area contributed by atoms with Crippen LogP contribution in [-0.2, 0) is 19.4 Å². The second-order valence-electron chi connectivity index (χ2n) is 3.27. The van der Waals surface area contributed by atoms with Gasteiger partial charge in [-0.05, 0) is 31.9 Å². The van der Waals surface area contributed by atoms with Crippen molar-refractivity contribution in [3.8, 4) is 0 Å². The molecular formula is C10H12ClN3S. The Morgan fingerprint density at radius 3 is 2.87 bits per heavy atom. The molecule has 0 atom stereocenters. The molecule has 0 aliphatic carbocycles. The fraction of sp³-hybridized carbons (Fsp3) is 0.400. The van der Waals surface area contributed by atoms with Gasteiger partial charge >= 0.3 is 0 Å². The van der Waals surface area contributed by atoms with Crippen LogP contribution in [0.2, 0.25) is 4.34 Å². The van der Waals surface area contributed by atoms with Gasteiger partial charge in [-0.1, -0.05) is 16.8 Å². The van der Waals surface area contributed by atoms with Gasteiger partial charge in [-0.15, -0.1) is 16.4 Å². The van der Waals surface area contributed by atoms with Crippen molar-refractivity contribution in [1.29, 1.82) is 0 Å². The van der Waals surface area contributed by atoms with Crippen molar-refractivity contribution in [1.82, 2.24) is 15.0 Å². The lowest BCUT2D eigenvalue weighted by molar-refractivity contribution is 0.626. The first kappa shape index (κ1) is 10.6. The molecule has 5 heteroatoms. The highest BCUT2D eigenvalue weighted by atomic mass is 35.5. The van der Waals surface area contributed by atoms with Gasteiger partial charge in [0, 0.05) is 17.6 Å². The highest BCUT2D eigenvalue weighted by Crippen LogP contribution is 2.22. The van der Waals surface area contributed by atoms with E-state index in [-0.39, 0.29) is 0 Å². The molecule has 0 amide bonds. The molecule has 0 fully saturated rings. The molecule has 80 valence electrons. The summed E-state index contributed by atoms with van der Waals surface area (Å²) >= 11 is 7.49. The standard InChI is InChI=1S/C10H12ClN3S/c1-2-14-7-8(12-13-14)3-4-9-5-6-10(11)15-9/h5-7H,2-4H2,1H3. The van der Waals surface area contributed by atoms with Crippen LogP contribution in [0.4, 0.5) is 0 Å². The SMILES string of the molecule is CCn1cc(CCc2ccc(Cl)s2)nn1. The maximum Gasteiger partial charge on any atom is 0.0931 e. The molecule has 0 N–H and O–H groups in total. The number of thiophene rings is 1. The lowest BCUT2D eigenvalue weighted by Gasteiger charge is -1.92. The average Bonchev–Trinajstić information content (AvgIpc) is 2.83. The number of hydrogen-bond donors (Lipinski definition) is 0. The lowest BCUT2D eigenvalue weighted by atomic mass is 10.2. The molecule has 2 rings (SSSR count). The minimum atomic E-state index is 0.849. The molecule has 2 aromatic heterocycles. The zero-order chi connectivity index (χ0) is 10.7. The predicted molar refractivity (Wildman–Crippen MR) is 62.4 cm³/mol. The molecule has 2 aromatic rings. The molecule has 0 radical (unpaired) electrons. The fourth-order valence-corrected chi connectivity index (χ4v) is 2.43. The monoisotopic (exact) mass is 241 g/mol. The van der Waals surface area contributed by atoms with Gasteiger partial charge in [-0.25, -0.2) is 0 Å². The Bertz CT molecular complexity index is 435. The number of halogens is 1. The first-order valence-corrected chi connectivity index (χ1v) is 6.10. The summed E-state index contributed by atoms with van der Waals surface area (Å²) in [5.74, 6) is 0. The topological polar surface area (TPSA) is 30.7 Å². The second kappa shape index (κ2) is 4.77. The van der Waals surface area contributed by atoms with E-state index in [4.69, 9.17) is 11.6 Å². The van der Waals surface area contributed by atoms with Gasteiger partial charge in [-0.2, -0.15) is 0 Å². The first-order valence-electron chi connectivity index (χ1n) is 4.91. The van der Waals surface area contributed by atoms with Crippen LogP contribution in [0.25, 0.3) is 0 Å².